The third kappa shape index (κ3) is 3.89. The molecule has 7 heteroatoms. The Balaban J connectivity index is 1.54. The van der Waals surface area contributed by atoms with E-state index >= 15 is 0 Å². The molecule has 1 fully saturated rings. The summed E-state index contributed by atoms with van der Waals surface area (Å²) in [5, 5.41) is 10.2. The second kappa shape index (κ2) is 7.54. The van der Waals surface area contributed by atoms with Crippen LogP contribution < -0.4 is 0 Å². The van der Waals surface area contributed by atoms with Crippen LogP contribution >= 0.6 is 0 Å². The van der Waals surface area contributed by atoms with Gasteiger partial charge in [0.2, 0.25) is 0 Å². The van der Waals surface area contributed by atoms with E-state index in [-0.39, 0.29) is 11.8 Å². The van der Waals surface area contributed by atoms with Crippen LogP contribution in [0.25, 0.3) is 22.0 Å². The molecule has 0 radical (unpaired) electrons. The zero-order chi connectivity index (χ0) is 18.8. The van der Waals surface area contributed by atoms with Crippen LogP contribution in [0.15, 0.2) is 36.7 Å². The maximum absolute atomic E-state index is 12.7. The van der Waals surface area contributed by atoms with Crippen molar-refractivity contribution in [3.63, 3.8) is 0 Å². The van der Waals surface area contributed by atoms with Gasteiger partial charge in [0.05, 0.1) is 31.9 Å². The van der Waals surface area contributed by atoms with Crippen molar-refractivity contribution in [2.75, 3.05) is 26.3 Å². The Labute approximate surface area is 157 Å². The topological polar surface area (TPSA) is 73.1 Å². The third-order valence-corrected chi connectivity index (χ3v) is 5.09. The first-order valence-electron chi connectivity index (χ1n) is 9.20. The number of aromatic nitrogens is 4. The number of rotatable bonds is 5. The smallest absolute Gasteiger partial charge is 0.155 e. The number of nitrogens with zero attached hydrogens (tertiary/aromatic N) is 5. The van der Waals surface area contributed by atoms with Crippen LogP contribution in [0.3, 0.4) is 0 Å². The van der Waals surface area contributed by atoms with Gasteiger partial charge in [-0.2, -0.15) is 0 Å². The lowest BCUT2D eigenvalue weighted by Gasteiger charge is -2.31. The molecule has 7 nitrogen and oxygen atoms in total. The number of pyridine rings is 1. The van der Waals surface area contributed by atoms with Crippen LogP contribution in [-0.4, -0.2) is 63.0 Å². The van der Waals surface area contributed by atoms with E-state index in [0.717, 1.165) is 40.8 Å². The minimum atomic E-state index is -0.114. The summed E-state index contributed by atoms with van der Waals surface area (Å²) in [5.74, 6) is 0.189. The summed E-state index contributed by atoms with van der Waals surface area (Å²) >= 11 is 0. The van der Waals surface area contributed by atoms with E-state index in [2.05, 4.69) is 26.3 Å². The molecule has 0 amide bonds. The van der Waals surface area contributed by atoms with E-state index in [0.29, 0.717) is 19.6 Å². The highest BCUT2D eigenvalue weighted by Gasteiger charge is 2.23. The molecule has 1 aliphatic heterocycles. The molecule has 27 heavy (non-hydrogen) atoms. The molecule has 0 bridgehead atoms. The summed E-state index contributed by atoms with van der Waals surface area (Å²) < 4.78 is 7.05. The third-order valence-electron chi connectivity index (χ3n) is 5.09. The summed E-state index contributed by atoms with van der Waals surface area (Å²) in [6.07, 6.45) is 4.05. The number of ether oxygens (including phenoxy) is 1. The van der Waals surface area contributed by atoms with Gasteiger partial charge in [0, 0.05) is 43.0 Å². The Morgan fingerprint density at radius 1 is 1.22 bits per heavy atom. The molecule has 1 aliphatic rings. The SMILES string of the molecule is C[C@@H](C(=O)Cc1cc2cc(-c3cn(C)nn3)ccc2cn1)N1CCOCC1. The van der Waals surface area contributed by atoms with Crippen molar-refractivity contribution in [3.8, 4) is 11.3 Å². The Morgan fingerprint density at radius 3 is 2.78 bits per heavy atom. The fourth-order valence-corrected chi connectivity index (χ4v) is 3.42. The van der Waals surface area contributed by atoms with E-state index in [4.69, 9.17) is 4.74 Å². The minimum Gasteiger partial charge on any atom is -0.379 e. The molecule has 4 rings (SSSR count). The maximum Gasteiger partial charge on any atom is 0.155 e. The summed E-state index contributed by atoms with van der Waals surface area (Å²) in [6.45, 7) is 4.97. The van der Waals surface area contributed by atoms with Crippen molar-refractivity contribution in [1.29, 1.82) is 0 Å². The lowest BCUT2D eigenvalue weighted by Crippen LogP contribution is -2.46. The van der Waals surface area contributed by atoms with Crippen LogP contribution in [0.5, 0.6) is 0 Å². The lowest BCUT2D eigenvalue weighted by molar-refractivity contribution is -0.124. The van der Waals surface area contributed by atoms with Crippen LogP contribution in [0, 0.1) is 0 Å². The Kier molecular flexibility index (Phi) is 4.96. The van der Waals surface area contributed by atoms with Crippen molar-refractivity contribution in [3.05, 3.63) is 42.4 Å². The Hall–Kier alpha value is -2.64. The van der Waals surface area contributed by atoms with Gasteiger partial charge in [-0.25, -0.2) is 0 Å². The van der Waals surface area contributed by atoms with Crippen LogP contribution in [0.4, 0.5) is 0 Å². The molecule has 1 atom stereocenters. The first-order chi connectivity index (χ1) is 13.1. The van der Waals surface area contributed by atoms with Gasteiger partial charge in [0.15, 0.2) is 5.78 Å². The standard InChI is InChI=1S/C20H23N5O2/c1-14(25-5-7-27-8-6-25)20(26)11-18-10-17-9-15(3-4-16(17)12-21-18)19-13-24(2)23-22-19/h3-4,9-10,12-14H,5-8,11H2,1-2H3/t14-/m0/s1. The molecule has 0 spiro atoms. The number of fused-ring (bicyclic) bond motifs is 1. The van der Waals surface area contributed by atoms with Crippen LogP contribution in [0.2, 0.25) is 0 Å². The number of hydrogen-bond acceptors (Lipinski definition) is 6. The summed E-state index contributed by atoms with van der Waals surface area (Å²) in [4.78, 5) is 19.4. The summed E-state index contributed by atoms with van der Waals surface area (Å²) in [7, 11) is 1.85. The second-order valence-electron chi connectivity index (χ2n) is 6.98. The van der Waals surface area contributed by atoms with Gasteiger partial charge in [-0.1, -0.05) is 17.3 Å². The van der Waals surface area contributed by atoms with Crippen molar-refractivity contribution < 1.29 is 9.53 Å². The van der Waals surface area contributed by atoms with Gasteiger partial charge in [-0.15, -0.1) is 5.10 Å². The molecule has 0 saturated carbocycles. The highest BCUT2D eigenvalue weighted by atomic mass is 16.5. The molecule has 2 aromatic heterocycles. The molecular formula is C20H23N5O2. The first kappa shape index (κ1) is 17.8. The molecule has 3 heterocycles. The highest BCUT2D eigenvalue weighted by Crippen LogP contribution is 2.23. The Bertz CT molecular complexity index is 962. The molecule has 0 aliphatic carbocycles. The van der Waals surface area contributed by atoms with E-state index in [1.54, 1.807) is 4.68 Å². The molecule has 1 saturated heterocycles. The first-order valence-corrected chi connectivity index (χ1v) is 9.20. The molecule has 140 valence electrons. The number of carbonyl (C=O) groups excluding carboxylic acids is 1. The second-order valence-corrected chi connectivity index (χ2v) is 6.98. The van der Waals surface area contributed by atoms with Crippen molar-refractivity contribution in [2.45, 2.75) is 19.4 Å². The zero-order valence-electron chi connectivity index (χ0n) is 15.6. The van der Waals surface area contributed by atoms with Gasteiger partial charge in [0.1, 0.15) is 5.69 Å². The van der Waals surface area contributed by atoms with Crippen molar-refractivity contribution in [2.24, 2.45) is 7.05 Å². The van der Waals surface area contributed by atoms with Gasteiger partial charge in [0.25, 0.3) is 0 Å². The van der Waals surface area contributed by atoms with Crippen LogP contribution in [0.1, 0.15) is 12.6 Å². The number of benzene rings is 1. The average molecular weight is 365 g/mol. The Morgan fingerprint density at radius 2 is 2.04 bits per heavy atom. The zero-order valence-corrected chi connectivity index (χ0v) is 15.6. The number of morpholine rings is 1. The number of aryl methyl sites for hydroxylation is 1. The fourth-order valence-electron chi connectivity index (χ4n) is 3.42. The lowest BCUT2D eigenvalue weighted by atomic mass is 10.0. The average Bonchev–Trinajstić information content (AvgIpc) is 3.14. The number of Topliss-reactive ketones (excluding diaryl/α,β-unsaturated/α-hetero) is 1. The predicted molar refractivity (Wildman–Crippen MR) is 102 cm³/mol. The molecule has 1 aromatic carbocycles. The monoisotopic (exact) mass is 365 g/mol. The fraction of sp³-hybridized carbons (Fsp3) is 0.400. The predicted octanol–water partition coefficient (Wildman–Crippen LogP) is 1.86. The van der Waals surface area contributed by atoms with Crippen molar-refractivity contribution in [1.82, 2.24) is 24.9 Å². The number of hydrogen-bond donors (Lipinski definition) is 0. The van der Waals surface area contributed by atoms with Gasteiger partial charge in [-0.05, 0) is 24.4 Å². The summed E-state index contributed by atoms with van der Waals surface area (Å²) in [6, 6.07) is 7.99. The van der Waals surface area contributed by atoms with Gasteiger partial charge in [-0.3, -0.25) is 19.4 Å². The summed E-state index contributed by atoms with van der Waals surface area (Å²) in [5.41, 5.74) is 2.62. The van der Waals surface area contributed by atoms with E-state index in [9.17, 15) is 4.79 Å². The normalized spacial score (nSPS) is 16.5. The number of carbonyl (C=O) groups is 1. The van der Waals surface area contributed by atoms with E-state index in [1.165, 1.54) is 0 Å². The van der Waals surface area contributed by atoms with Gasteiger partial charge >= 0.3 is 0 Å². The minimum absolute atomic E-state index is 0.114. The van der Waals surface area contributed by atoms with Crippen LogP contribution in [-0.2, 0) is 23.0 Å². The molecule has 3 aromatic rings. The van der Waals surface area contributed by atoms with Gasteiger partial charge < -0.3 is 4.74 Å². The highest BCUT2D eigenvalue weighted by molar-refractivity contribution is 5.89. The molecule has 0 N–H and O–H groups in total. The van der Waals surface area contributed by atoms with Crippen molar-refractivity contribution >= 4 is 16.6 Å². The quantitative estimate of drug-likeness (QED) is 0.687. The maximum atomic E-state index is 12.7. The number of ketones is 1. The molecule has 0 unspecified atom stereocenters. The van der Waals surface area contributed by atoms with E-state index < -0.39 is 0 Å². The largest absolute Gasteiger partial charge is 0.379 e. The van der Waals surface area contributed by atoms with E-state index in [1.807, 2.05) is 44.6 Å². The molecular weight excluding hydrogens is 342 g/mol.